The van der Waals surface area contributed by atoms with Crippen LogP contribution in [-0.2, 0) is 11.3 Å². The Bertz CT molecular complexity index is 502. The third kappa shape index (κ3) is 5.34. The molecule has 8 heteroatoms. The van der Waals surface area contributed by atoms with E-state index in [0.717, 1.165) is 0 Å². The van der Waals surface area contributed by atoms with E-state index in [1.165, 1.54) is 5.32 Å². The number of benzene rings is 1. The molecule has 0 aliphatic carbocycles. The van der Waals surface area contributed by atoms with E-state index < -0.39 is 30.7 Å². The third-order valence-corrected chi connectivity index (χ3v) is 2.64. The van der Waals surface area contributed by atoms with E-state index in [-0.39, 0.29) is 6.61 Å². The van der Waals surface area contributed by atoms with Crippen molar-refractivity contribution in [1.29, 1.82) is 0 Å². The summed E-state index contributed by atoms with van der Waals surface area (Å²) in [7, 11) is 0. The van der Waals surface area contributed by atoms with Gasteiger partial charge in [0, 0.05) is 6.42 Å². The Morgan fingerprint density at radius 3 is 2.32 bits per heavy atom. The number of allylic oxidation sites excluding steroid dienone is 1. The zero-order valence-electron chi connectivity index (χ0n) is 11.4. The van der Waals surface area contributed by atoms with Gasteiger partial charge in [-0.25, -0.2) is 13.6 Å². The molecule has 1 aromatic rings. The maximum absolute atomic E-state index is 13.4. The fraction of sp³-hybridized carbons (Fsp3) is 0.357. The average Bonchev–Trinajstić information content (AvgIpc) is 2.42. The summed E-state index contributed by atoms with van der Waals surface area (Å²) in [6, 6.07) is 4.75. The van der Waals surface area contributed by atoms with Crippen molar-refractivity contribution in [3.05, 3.63) is 48.6 Å². The van der Waals surface area contributed by atoms with Crippen molar-refractivity contribution in [2.75, 3.05) is 0 Å². The maximum Gasteiger partial charge on any atom is 0.414 e. The highest BCUT2D eigenvalue weighted by atomic mass is 19.4. The second-order valence-corrected chi connectivity index (χ2v) is 4.43. The molecule has 0 bridgehead atoms. The maximum atomic E-state index is 13.4. The van der Waals surface area contributed by atoms with Crippen LogP contribution in [0.5, 0.6) is 0 Å². The van der Waals surface area contributed by atoms with Gasteiger partial charge in [0.25, 0.3) is 5.92 Å². The summed E-state index contributed by atoms with van der Waals surface area (Å²) in [5.41, 5.74) is 0.513. The highest BCUT2D eigenvalue weighted by Gasteiger charge is 2.56. The number of halogens is 5. The zero-order chi connectivity index (χ0) is 16.8. The molecule has 0 saturated carbocycles. The number of ether oxygens (including phenoxy) is 1. The van der Waals surface area contributed by atoms with E-state index in [1.54, 1.807) is 30.3 Å². The number of hydrogen-bond donors (Lipinski definition) is 1. The lowest BCUT2D eigenvalue weighted by molar-refractivity contribution is -0.211. The van der Waals surface area contributed by atoms with Crippen LogP contribution in [0.2, 0.25) is 0 Å². The number of alkyl halides is 5. The van der Waals surface area contributed by atoms with Crippen molar-refractivity contribution in [3.63, 3.8) is 0 Å². The molecule has 0 spiro atoms. The lowest BCUT2D eigenvalue weighted by atomic mass is 10.1. The van der Waals surface area contributed by atoms with Crippen molar-refractivity contribution < 1.29 is 31.5 Å². The largest absolute Gasteiger partial charge is 0.445 e. The molecule has 1 atom stereocenters. The van der Waals surface area contributed by atoms with Gasteiger partial charge < -0.3 is 10.1 Å². The molecule has 0 aromatic heterocycles. The predicted octanol–water partition coefficient (Wildman–Crippen LogP) is 4.06. The van der Waals surface area contributed by atoms with Crippen LogP contribution in [0, 0.1) is 0 Å². The molecule has 0 fully saturated rings. The number of hydrogen-bond acceptors (Lipinski definition) is 2. The normalized spacial score (nSPS) is 13.3. The molecule has 1 unspecified atom stereocenters. The van der Waals surface area contributed by atoms with E-state index in [2.05, 4.69) is 11.3 Å². The molecule has 0 heterocycles. The van der Waals surface area contributed by atoms with Gasteiger partial charge in [0.05, 0.1) is 0 Å². The molecule has 3 nitrogen and oxygen atoms in total. The topological polar surface area (TPSA) is 38.3 Å². The van der Waals surface area contributed by atoms with Gasteiger partial charge in [-0.1, -0.05) is 36.4 Å². The summed E-state index contributed by atoms with van der Waals surface area (Å²) in [5, 5.41) is 1.17. The van der Waals surface area contributed by atoms with Gasteiger partial charge in [-0.3, -0.25) is 0 Å². The van der Waals surface area contributed by atoms with Crippen LogP contribution < -0.4 is 5.32 Å². The average molecular weight is 323 g/mol. The number of carbonyl (C=O) groups excluding carboxylic acids is 1. The molecule has 0 aliphatic heterocycles. The summed E-state index contributed by atoms with van der Waals surface area (Å²) in [6.07, 6.45) is -7.47. The smallest absolute Gasteiger partial charge is 0.414 e. The van der Waals surface area contributed by atoms with Gasteiger partial charge in [-0.05, 0) is 5.56 Å². The summed E-state index contributed by atoms with van der Waals surface area (Å²) in [4.78, 5) is 11.3. The molecule has 1 rings (SSSR count). The van der Waals surface area contributed by atoms with Gasteiger partial charge in [0.1, 0.15) is 6.61 Å². The zero-order valence-corrected chi connectivity index (χ0v) is 11.4. The molecule has 1 N–H and O–H groups in total. The molecule has 0 radical (unpaired) electrons. The van der Waals surface area contributed by atoms with Crippen LogP contribution in [0.3, 0.4) is 0 Å². The number of amides is 1. The second kappa shape index (κ2) is 7.24. The van der Waals surface area contributed by atoms with E-state index >= 15 is 0 Å². The first-order valence-corrected chi connectivity index (χ1v) is 6.19. The van der Waals surface area contributed by atoms with Crippen LogP contribution in [0.25, 0.3) is 0 Å². The van der Waals surface area contributed by atoms with Gasteiger partial charge >= 0.3 is 12.3 Å². The molecule has 1 aromatic carbocycles. The van der Waals surface area contributed by atoms with Crippen LogP contribution in [0.15, 0.2) is 43.0 Å². The molecular weight excluding hydrogens is 309 g/mol. The van der Waals surface area contributed by atoms with E-state index in [0.29, 0.717) is 11.6 Å². The molecule has 0 saturated heterocycles. The van der Waals surface area contributed by atoms with Crippen LogP contribution >= 0.6 is 0 Å². The Balaban J connectivity index is 2.69. The van der Waals surface area contributed by atoms with Crippen molar-refractivity contribution in [2.45, 2.75) is 31.2 Å². The Labute approximate surface area is 123 Å². The molecule has 122 valence electrons. The van der Waals surface area contributed by atoms with Crippen molar-refractivity contribution in [3.8, 4) is 0 Å². The summed E-state index contributed by atoms with van der Waals surface area (Å²) < 4.78 is 69.4. The van der Waals surface area contributed by atoms with Gasteiger partial charge in [-0.15, -0.1) is 6.58 Å². The predicted molar refractivity (Wildman–Crippen MR) is 69.4 cm³/mol. The Hall–Kier alpha value is -2.12. The van der Waals surface area contributed by atoms with Crippen LogP contribution in [0.4, 0.5) is 26.7 Å². The van der Waals surface area contributed by atoms with Gasteiger partial charge in [0.2, 0.25) is 0 Å². The molecule has 1 amide bonds. The van der Waals surface area contributed by atoms with Crippen molar-refractivity contribution >= 4 is 6.09 Å². The summed E-state index contributed by atoms with van der Waals surface area (Å²) in [6.45, 7) is 2.65. The Kier molecular flexibility index (Phi) is 5.90. The van der Waals surface area contributed by atoms with Crippen LogP contribution in [0.1, 0.15) is 12.0 Å². The fourth-order valence-electron chi connectivity index (χ4n) is 1.62. The lowest BCUT2D eigenvalue weighted by Gasteiger charge is -2.28. The number of nitrogens with one attached hydrogen (secondary N) is 1. The van der Waals surface area contributed by atoms with Gasteiger partial charge in [-0.2, -0.15) is 13.2 Å². The second-order valence-electron chi connectivity index (χ2n) is 4.43. The minimum absolute atomic E-state index is 0.329. The van der Waals surface area contributed by atoms with E-state index in [9.17, 15) is 26.7 Å². The highest BCUT2D eigenvalue weighted by Crippen LogP contribution is 2.34. The highest BCUT2D eigenvalue weighted by molar-refractivity contribution is 5.68. The SMILES string of the molecule is C=CCC(F)(F)C(NC(=O)OCc1ccccc1)C(F)(F)F. The van der Waals surface area contributed by atoms with Crippen LogP contribution in [-0.4, -0.2) is 24.2 Å². The Morgan fingerprint density at radius 1 is 1.23 bits per heavy atom. The van der Waals surface area contributed by atoms with Crippen molar-refractivity contribution in [2.24, 2.45) is 0 Å². The minimum Gasteiger partial charge on any atom is -0.445 e. The minimum atomic E-state index is -5.32. The molecule has 22 heavy (non-hydrogen) atoms. The summed E-state index contributed by atoms with van der Waals surface area (Å²) in [5.74, 6) is -4.22. The standard InChI is InChI=1S/C14H14F5NO2/c1-2-8-13(15,16)11(14(17,18)19)20-12(21)22-9-10-6-4-3-5-7-10/h2-7,11H,1,8-9H2,(H,20,21). The monoisotopic (exact) mass is 323 g/mol. The number of rotatable bonds is 6. The van der Waals surface area contributed by atoms with Crippen molar-refractivity contribution in [1.82, 2.24) is 5.32 Å². The van der Waals surface area contributed by atoms with E-state index in [1.807, 2.05) is 0 Å². The van der Waals surface area contributed by atoms with Gasteiger partial charge in [0.15, 0.2) is 6.04 Å². The number of alkyl carbamates (subject to hydrolysis) is 1. The first-order valence-electron chi connectivity index (χ1n) is 6.19. The molecule has 0 aliphatic rings. The number of carbonyl (C=O) groups is 1. The Morgan fingerprint density at radius 2 is 1.82 bits per heavy atom. The quantitative estimate of drug-likeness (QED) is 0.633. The fourth-order valence-corrected chi connectivity index (χ4v) is 1.62. The lowest BCUT2D eigenvalue weighted by Crippen LogP contribution is -2.56. The summed E-state index contributed by atoms with van der Waals surface area (Å²) >= 11 is 0. The third-order valence-electron chi connectivity index (χ3n) is 2.64. The first kappa shape index (κ1) is 17.9. The molecular formula is C14H14F5NO2. The first-order chi connectivity index (χ1) is 10.2. The van der Waals surface area contributed by atoms with E-state index in [4.69, 9.17) is 0 Å².